The summed E-state index contributed by atoms with van der Waals surface area (Å²) < 4.78 is 0. The minimum atomic E-state index is -0.405. The molecule has 3 atom stereocenters. The molecule has 1 aliphatic rings. The molecule has 3 rings (SSSR count). The van der Waals surface area contributed by atoms with E-state index in [1.807, 2.05) is 0 Å². The minimum Gasteiger partial charge on any atom is -0.0842 e. The zero-order valence-electron chi connectivity index (χ0n) is 17.8. The maximum absolute atomic E-state index is 2.52. The van der Waals surface area contributed by atoms with Crippen LogP contribution in [0.3, 0.4) is 0 Å². The summed E-state index contributed by atoms with van der Waals surface area (Å²) in [6.07, 6.45) is 16.5. The van der Waals surface area contributed by atoms with E-state index in [0.717, 1.165) is 12.8 Å². The van der Waals surface area contributed by atoms with Crippen LogP contribution in [0.4, 0.5) is 0 Å². The largest absolute Gasteiger partial charge is 0.0842 e. The molecule has 0 fully saturated rings. The van der Waals surface area contributed by atoms with Gasteiger partial charge in [-0.15, -0.1) is 0 Å². The summed E-state index contributed by atoms with van der Waals surface area (Å²) in [6.45, 7) is 6.74. The van der Waals surface area contributed by atoms with Crippen molar-refractivity contribution < 1.29 is 0 Å². The predicted molar refractivity (Wildman–Crippen MR) is 135 cm³/mol. The van der Waals surface area contributed by atoms with Gasteiger partial charge in [0, 0.05) is 5.90 Å². The molecule has 2 aromatic carbocycles. The number of benzene rings is 2. The third kappa shape index (κ3) is 6.12. The van der Waals surface area contributed by atoms with Gasteiger partial charge in [0.2, 0.25) is 0 Å². The van der Waals surface area contributed by atoms with Crippen molar-refractivity contribution >= 4 is 26.5 Å². The zero-order valence-corrected chi connectivity index (χ0v) is 19.6. The topological polar surface area (TPSA) is 0 Å². The van der Waals surface area contributed by atoms with Crippen molar-refractivity contribution in [1.82, 2.24) is 0 Å². The fourth-order valence-electron chi connectivity index (χ4n) is 3.56. The van der Waals surface area contributed by atoms with E-state index in [9.17, 15) is 0 Å². The van der Waals surface area contributed by atoms with Gasteiger partial charge in [0.25, 0.3) is 0 Å². The van der Waals surface area contributed by atoms with E-state index in [1.54, 1.807) is 5.31 Å². The van der Waals surface area contributed by atoms with Gasteiger partial charge in [-0.1, -0.05) is 111 Å². The second-order valence-corrected chi connectivity index (χ2v) is 12.3. The van der Waals surface area contributed by atoms with Crippen LogP contribution in [0.15, 0.2) is 108 Å². The quantitative estimate of drug-likeness (QED) is 0.302. The highest BCUT2D eigenvalue weighted by atomic mass is 31.2. The van der Waals surface area contributed by atoms with Crippen LogP contribution in [-0.4, -0.2) is 5.90 Å². The molecule has 0 N–H and O–H groups in total. The van der Waals surface area contributed by atoms with Crippen molar-refractivity contribution in [2.24, 2.45) is 5.92 Å². The molecule has 2 aromatic rings. The van der Waals surface area contributed by atoms with Crippen LogP contribution in [0.5, 0.6) is 0 Å². The Hall–Kier alpha value is -1.74. The first-order valence-corrected chi connectivity index (χ1v) is 13.6. The summed E-state index contributed by atoms with van der Waals surface area (Å²) in [5, 5.41) is 6.01. The average Bonchev–Trinajstić information content (AvgIpc) is 2.77. The van der Waals surface area contributed by atoms with Gasteiger partial charge in [-0.05, 0) is 62.8 Å². The Kier molecular flexibility index (Phi) is 8.67. The summed E-state index contributed by atoms with van der Waals surface area (Å²) in [7, 11) is -0.793. The standard InChI is InChI=1S/C27H32P2/c1-4-6-15-24(5-2)28(25-16-9-7-10-17-25)22-29(26-18-11-8-12-19-26)27-20-13-14-23(3)21-27/h5-13,15-21,23H,4,14,22H2,1-3H3/b15-6-,24-5+. The summed E-state index contributed by atoms with van der Waals surface area (Å²) >= 11 is 0. The summed E-state index contributed by atoms with van der Waals surface area (Å²) in [6, 6.07) is 22.3. The average molecular weight is 419 g/mol. The number of rotatable bonds is 8. The second-order valence-electron chi connectivity index (χ2n) is 7.40. The van der Waals surface area contributed by atoms with Crippen molar-refractivity contribution in [3.8, 4) is 0 Å². The van der Waals surface area contributed by atoms with Gasteiger partial charge in [-0.2, -0.15) is 0 Å². The minimum absolute atomic E-state index is 0.388. The molecule has 1 aliphatic carbocycles. The Morgan fingerprint density at radius 2 is 1.66 bits per heavy atom. The summed E-state index contributed by atoms with van der Waals surface area (Å²) in [5.41, 5.74) is 0. The molecule has 0 aromatic heterocycles. The van der Waals surface area contributed by atoms with Crippen LogP contribution in [0, 0.1) is 5.92 Å². The van der Waals surface area contributed by atoms with Crippen molar-refractivity contribution in [3.63, 3.8) is 0 Å². The molecule has 29 heavy (non-hydrogen) atoms. The molecule has 0 spiro atoms. The van der Waals surface area contributed by atoms with E-state index in [-0.39, 0.29) is 7.92 Å². The van der Waals surface area contributed by atoms with Gasteiger partial charge in [0.1, 0.15) is 0 Å². The lowest BCUT2D eigenvalue weighted by Crippen LogP contribution is -2.10. The predicted octanol–water partition coefficient (Wildman–Crippen LogP) is 7.91. The van der Waals surface area contributed by atoms with Crippen LogP contribution in [0.2, 0.25) is 0 Å². The van der Waals surface area contributed by atoms with E-state index in [2.05, 4.69) is 118 Å². The van der Waals surface area contributed by atoms with Gasteiger partial charge in [-0.3, -0.25) is 0 Å². The monoisotopic (exact) mass is 418 g/mol. The van der Waals surface area contributed by atoms with Crippen LogP contribution < -0.4 is 10.6 Å². The van der Waals surface area contributed by atoms with E-state index >= 15 is 0 Å². The maximum Gasteiger partial charge on any atom is 0.00403 e. The lowest BCUT2D eigenvalue weighted by atomic mass is 10.0. The first-order valence-electron chi connectivity index (χ1n) is 10.6. The first-order chi connectivity index (χ1) is 14.2. The lowest BCUT2D eigenvalue weighted by molar-refractivity contribution is 0.735. The Balaban J connectivity index is 2.03. The van der Waals surface area contributed by atoms with E-state index in [1.165, 1.54) is 21.8 Å². The molecule has 0 aliphatic heterocycles. The zero-order chi connectivity index (χ0) is 20.5. The third-order valence-electron chi connectivity index (χ3n) is 5.11. The van der Waals surface area contributed by atoms with Gasteiger partial charge in [-0.25, -0.2) is 0 Å². The number of hydrogen-bond acceptors (Lipinski definition) is 0. The van der Waals surface area contributed by atoms with Crippen molar-refractivity contribution in [3.05, 3.63) is 108 Å². The van der Waals surface area contributed by atoms with Crippen molar-refractivity contribution in [2.45, 2.75) is 33.6 Å². The van der Waals surface area contributed by atoms with E-state index in [4.69, 9.17) is 0 Å². The SMILES string of the molecule is C/C=C(\C=C/CC)P(CP(C1=CC(C)CC=C1)c1ccccc1)c1ccccc1. The van der Waals surface area contributed by atoms with Crippen LogP contribution in [0.25, 0.3) is 0 Å². The number of allylic oxidation sites excluding steroid dienone is 8. The van der Waals surface area contributed by atoms with Crippen molar-refractivity contribution in [1.29, 1.82) is 0 Å². The molecule has 0 saturated heterocycles. The fraction of sp³-hybridized carbons (Fsp3) is 0.259. The van der Waals surface area contributed by atoms with Crippen molar-refractivity contribution in [2.75, 3.05) is 5.90 Å². The number of hydrogen-bond donors (Lipinski definition) is 0. The molecule has 2 heteroatoms. The van der Waals surface area contributed by atoms with Crippen LogP contribution in [0.1, 0.15) is 33.6 Å². The first kappa shape index (κ1) is 22.0. The van der Waals surface area contributed by atoms with Gasteiger partial charge < -0.3 is 0 Å². The van der Waals surface area contributed by atoms with E-state index < -0.39 is 7.92 Å². The highest BCUT2D eigenvalue weighted by Gasteiger charge is 2.24. The van der Waals surface area contributed by atoms with Crippen LogP contribution >= 0.6 is 15.8 Å². The molecule has 150 valence electrons. The molecule has 0 amide bonds. The molecule has 0 saturated carbocycles. The van der Waals surface area contributed by atoms with Gasteiger partial charge in [0.15, 0.2) is 0 Å². The Morgan fingerprint density at radius 3 is 2.24 bits per heavy atom. The highest BCUT2D eigenvalue weighted by molar-refractivity contribution is 7.85. The molecule has 0 radical (unpaired) electrons. The molecule has 0 heterocycles. The molecular formula is C27H32P2. The Morgan fingerprint density at radius 1 is 1.00 bits per heavy atom. The maximum atomic E-state index is 2.52. The van der Waals surface area contributed by atoms with E-state index in [0.29, 0.717) is 5.92 Å². The summed E-state index contributed by atoms with van der Waals surface area (Å²) in [4.78, 5) is 0. The fourth-order valence-corrected chi connectivity index (χ4v) is 10.3. The Labute approximate surface area is 179 Å². The molecule has 3 unspecified atom stereocenters. The lowest BCUT2D eigenvalue weighted by Gasteiger charge is -2.29. The highest BCUT2D eigenvalue weighted by Crippen LogP contribution is 2.59. The smallest absolute Gasteiger partial charge is 0.00403 e. The molecule has 0 bridgehead atoms. The third-order valence-corrected chi connectivity index (χ3v) is 11.2. The Bertz CT molecular complexity index is 875. The molecule has 0 nitrogen and oxygen atoms in total. The van der Waals surface area contributed by atoms with Gasteiger partial charge >= 0.3 is 0 Å². The molecular weight excluding hydrogens is 386 g/mol. The second kappa shape index (κ2) is 11.4. The van der Waals surface area contributed by atoms with Crippen LogP contribution in [-0.2, 0) is 0 Å². The normalized spacial score (nSPS) is 19.2. The summed E-state index contributed by atoms with van der Waals surface area (Å²) in [5.74, 6) is 1.84. The van der Waals surface area contributed by atoms with Gasteiger partial charge in [0.05, 0.1) is 0 Å².